The highest BCUT2D eigenvalue weighted by atomic mass is 79.9. The first kappa shape index (κ1) is 32.9. The third-order valence-corrected chi connectivity index (χ3v) is 9.78. The van der Waals surface area contributed by atoms with Crippen LogP contribution in [0.2, 0.25) is 10.0 Å². The molecule has 0 saturated heterocycles. The lowest BCUT2D eigenvalue weighted by molar-refractivity contribution is -0.140. The van der Waals surface area contributed by atoms with Crippen molar-refractivity contribution < 1.29 is 18.0 Å². The Kier molecular flexibility index (Phi) is 11.7. The molecule has 0 bridgehead atoms. The standard InChI is InChI=1S/C30H34BrCl2N3O4S/c1-5-21(4)34-30(38)28(6-2)35(18-22-9-16-26(32)27(33)17-22)29(37)19-36(24-12-10-23(31)11-13-24)41(39,40)25-14-7-20(3)8-15-25/h7-17,21,28H,5-6,18-19H2,1-4H3,(H,34,38)/t21-,28+/m1/s1. The van der Waals surface area contributed by atoms with Gasteiger partial charge in [0.2, 0.25) is 11.8 Å². The van der Waals surface area contributed by atoms with E-state index < -0.39 is 28.5 Å². The van der Waals surface area contributed by atoms with Crippen LogP contribution in [-0.4, -0.2) is 43.8 Å². The van der Waals surface area contributed by atoms with E-state index in [1.165, 1.54) is 17.0 Å². The van der Waals surface area contributed by atoms with Crippen LogP contribution in [0.15, 0.2) is 76.1 Å². The maximum absolute atomic E-state index is 14.1. The second kappa shape index (κ2) is 14.5. The van der Waals surface area contributed by atoms with Crippen molar-refractivity contribution in [1.29, 1.82) is 0 Å². The minimum atomic E-state index is -4.14. The van der Waals surface area contributed by atoms with Crippen molar-refractivity contribution >= 4 is 66.7 Å². The third-order valence-electron chi connectivity index (χ3n) is 6.73. The number of carbonyl (C=O) groups is 2. The molecule has 41 heavy (non-hydrogen) atoms. The fraction of sp³-hybridized carbons (Fsp3) is 0.333. The molecule has 0 aromatic heterocycles. The zero-order valence-electron chi connectivity index (χ0n) is 23.4. The van der Waals surface area contributed by atoms with Crippen molar-refractivity contribution in [2.24, 2.45) is 0 Å². The molecule has 220 valence electrons. The van der Waals surface area contributed by atoms with Crippen molar-refractivity contribution in [1.82, 2.24) is 10.2 Å². The van der Waals surface area contributed by atoms with Gasteiger partial charge in [-0.25, -0.2) is 8.42 Å². The molecule has 0 radical (unpaired) electrons. The van der Waals surface area contributed by atoms with E-state index in [0.717, 1.165) is 20.8 Å². The van der Waals surface area contributed by atoms with E-state index in [4.69, 9.17) is 23.2 Å². The van der Waals surface area contributed by atoms with E-state index in [9.17, 15) is 18.0 Å². The summed E-state index contributed by atoms with van der Waals surface area (Å²) in [6, 6.07) is 17.2. The highest BCUT2D eigenvalue weighted by Gasteiger charge is 2.34. The largest absolute Gasteiger partial charge is 0.352 e. The van der Waals surface area contributed by atoms with Gasteiger partial charge in [-0.15, -0.1) is 0 Å². The van der Waals surface area contributed by atoms with Gasteiger partial charge in [-0.3, -0.25) is 13.9 Å². The SMILES string of the molecule is CC[C@@H](C)NC(=O)[C@H](CC)N(Cc1ccc(Cl)c(Cl)c1)C(=O)CN(c1ccc(Br)cc1)S(=O)(=O)c1ccc(C)cc1. The Hall–Kier alpha value is -2.59. The molecule has 0 saturated carbocycles. The summed E-state index contributed by atoms with van der Waals surface area (Å²) >= 11 is 15.7. The van der Waals surface area contributed by atoms with Crippen LogP contribution in [0.1, 0.15) is 44.7 Å². The van der Waals surface area contributed by atoms with E-state index in [-0.39, 0.29) is 23.4 Å². The van der Waals surface area contributed by atoms with Crippen LogP contribution in [0.3, 0.4) is 0 Å². The summed E-state index contributed by atoms with van der Waals surface area (Å²) in [5.74, 6) is -0.854. The zero-order valence-corrected chi connectivity index (χ0v) is 27.3. The van der Waals surface area contributed by atoms with Gasteiger partial charge in [-0.1, -0.05) is 76.7 Å². The van der Waals surface area contributed by atoms with Gasteiger partial charge in [0.15, 0.2) is 0 Å². The number of hydrogen-bond donors (Lipinski definition) is 1. The lowest BCUT2D eigenvalue weighted by Gasteiger charge is -2.33. The van der Waals surface area contributed by atoms with Crippen LogP contribution < -0.4 is 9.62 Å². The summed E-state index contributed by atoms with van der Waals surface area (Å²) in [5.41, 5.74) is 1.87. The van der Waals surface area contributed by atoms with E-state index in [2.05, 4.69) is 21.2 Å². The molecule has 2 amide bonds. The topological polar surface area (TPSA) is 86.8 Å². The molecular weight excluding hydrogens is 649 g/mol. The highest BCUT2D eigenvalue weighted by Crippen LogP contribution is 2.28. The molecule has 7 nitrogen and oxygen atoms in total. The maximum atomic E-state index is 14.1. The summed E-state index contributed by atoms with van der Waals surface area (Å²) in [6.45, 7) is 7.02. The average Bonchev–Trinajstić information content (AvgIpc) is 2.94. The van der Waals surface area contributed by atoms with Crippen molar-refractivity contribution in [2.75, 3.05) is 10.8 Å². The quantitative estimate of drug-likeness (QED) is 0.223. The fourth-order valence-electron chi connectivity index (χ4n) is 4.17. The Balaban J connectivity index is 2.07. The molecule has 3 rings (SSSR count). The number of anilines is 1. The highest BCUT2D eigenvalue weighted by molar-refractivity contribution is 9.10. The van der Waals surface area contributed by atoms with E-state index in [1.807, 2.05) is 27.7 Å². The number of nitrogens with zero attached hydrogens (tertiary/aromatic N) is 2. The molecule has 0 unspecified atom stereocenters. The van der Waals surface area contributed by atoms with E-state index in [0.29, 0.717) is 27.7 Å². The Morgan fingerprint density at radius 2 is 1.56 bits per heavy atom. The van der Waals surface area contributed by atoms with Crippen LogP contribution in [0.4, 0.5) is 5.69 Å². The van der Waals surface area contributed by atoms with Gasteiger partial charge in [-0.2, -0.15) is 0 Å². The number of nitrogens with one attached hydrogen (secondary N) is 1. The Labute approximate surface area is 261 Å². The van der Waals surface area contributed by atoms with Crippen molar-refractivity contribution in [3.8, 4) is 0 Å². The first-order chi connectivity index (χ1) is 19.4. The second-order valence-electron chi connectivity index (χ2n) is 9.81. The van der Waals surface area contributed by atoms with Gasteiger partial charge in [0.25, 0.3) is 10.0 Å². The van der Waals surface area contributed by atoms with Gasteiger partial charge >= 0.3 is 0 Å². The van der Waals surface area contributed by atoms with Gasteiger partial charge in [0.1, 0.15) is 12.6 Å². The normalized spacial score (nSPS) is 12.9. The number of hydrogen-bond acceptors (Lipinski definition) is 4. The Morgan fingerprint density at radius 3 is 2.12 bits per heavy atom. The molecule has 3 aromatic carbocycles. The molecule has 0 aliphatic carbocycles. The number of amides is 2. The predicted octanol–water partition coefficient (Wildman–Crippen LogP) is 6.98. The summed E-state index contributed by atoms with van der Waals surface area (Å²) in [5, 5.41) is 3.63. The molecule has 0 aliphatic heterocycles. The Bertz CT molecular complexity index is 1470. The van der Waals surface area contributed by atoms with Gasteiger partial charge < -0.3 is 10.2 Å². The summed E-state index contributed by atoms with van der Waals surface area (Å²) in [6.07, 6.45) is 1.04. The molecule has 0 fully saturated rings. The van der Waals surface area contributed by atoms with Gasteiger partial charge in [-0.05, 0) is 80.8 Å². The summed E-state index contributed by atoms with van der Waals surface area (Å²) < 4.78 is 29.7. The minimum Gasteiger partial charge on any atom is -0.352 e. The minimum absolute atomic E-state index is 0.0287. The molecule has 1 N–H and O–H groups in total. The lowest BCUT2D eigenvalue weighted by Crippen LogP contribution is -2.53. The van der Waals surface area contributed by atoms with Crippen LogP contribution in [-0.2, 0) is 26.2 Å². The zero-order chi connectivity index (χ0) is 30.3. The molecule has 0 aliphatic rings. The first-order valence-corrected chi connectivity index (χ1v) is 16.2. The van der Waals surface area contributed by atoms with Crippen LogP contribution in [0.5, 0.6) is 0 Å². The van der Waals surface area contributed by atoms with Crippen LogP contribution in [0, 0.1) is 6.92 Å². The molecule has 11 heteroatoms. The van der Waals surface area contributed by atoms with Crippen LogP contribution >= 0.6 is 39.1 Å². The number of rotatable bonds is 12. The molecule has 2 atom stereocenters. The van der Waals surface area contributed by atoms with E-state index >= 15 is 0 Å². The summed E-state index contributed by atoms with van der Waals surface area (Å²) in [7, 11) is -4.14. The summed E-state index contributed by atoms with van der Waals surface area (Å²) in [4.78, 5) is 28.9. The number of aryl methyl sites for hydroxylation is 1. The van der Waals surface area contributed by atoms with Crippen LogP contribution in [0.25, 0.3) is 0 Å². The van der Waals surface area contributed by atoms with Crippen molar-refractivity contribution in [2.45, 2.75) is 64.1 Å². The molecule has 0 heterocycles. The monoisotopic (exact) mass is 681 g/mol. The van der Waals surface area contributed by atoms with Gasteiger partial charge in [0, 0.05) is 17.1 Å². The molecule has 3 aromatic rings. The number of benzene rings is 3. The average molecular weight is 683 g/mol. The number of halogens is 3. The molecule has 0 spiro atoms. The Morgan fingerprint density at radius 1 is 0.927 bits per heavy atom. The molecular formula is C30H34BrCl2N3O4S. The maximum Gasteiger partial charge on any atom is 0.264 e. The predicted molar refractivity (Wildman–Crippen MR) is 169 cm³/mol. The van der Waals surface area contributed by atoms with Crippen molar-refractivity contribution in [3.05, 3.63) is 92.4 Å². The third kappa shape index (κ3) is 8.47. The first-order valence-electron chi connectivity index (χ1n) is 13.3. The second-order valence-corrected chi connectivity index (χ2v) is 13.4. The lowest BCUT2D eigenvalue weighted by atomic mass is 10.1. The smallest absolute Gasteiger partial charge is 0.264 e. The fourth-order valence-corrected chi connectivity index (χ4v) is 6.17. The van der Waals surface area contributed by atoms with E-state index in [1.54, 1.807) is 54.6 Å². The van der Waals surface area contributed by atoms with Crippen molar-refractivity contribution in [3.63, 3.8) is 0 Å². The number of carbonyl (C=O) groups excluding carboxylic acids is 2. The van der Waals surface area contributed by atoms with Gasteiger partial charge in [0.05, 0.1) is 20.6 Å². The number of sulfonamides is 1.